The maximum atomic E-state index is 14.0. The molecular formula is C36H44N6O3. The molecule has 45 heavy (non-hydrogen) atoms. The fourth-order valence-electron chi connectivity index (χ4n) is 7.05. The molecule has 2 saturated carbocycles. The Morgan fingerprint density at radius 2 is 1.58 bits per heavy atom. The molecule has 0 bridgehead atoms. The van der Waals surface area contributed by atoms with Gasteiger partial charge in [0, 0.05) is 50.7 Å². The molecule has 6 rings (SSSR count). The van der Waals surface area contributed by atoms with Crippen LogP contribution in [0.3, 0.4) is 0 Å². The van der Waals surface area contributed by atoms with Crippen LogP contribution in [0.1, 0.15) is 75.3 Å². The Hall–Kier alpha value is -4.27. The maximum absolute atomic E-state index is 14.0. The number of aromatic nitrogens is 5. The van der Waals surface area contributed by atoms with Gasteiger partial charge < -0.3 is 9.88 Å². The quantitative estimate of drug-likeness (QED) is 0.240. The van der Waals surface area contributed by atoms with Crippen LogP contribution >= 0.6 is 0 Å². The molecule has 9 heteroatoms. The summed E-state index contributed by atoms with van der Waals surface area (Å²) in [6.07, 6.45) is 19.1. The number of amides is 1. The lowest BCUT2D eigenvalue weighted by Gasteiger charge is -2.24. The zero-order valence-electron chi connectivity index (χ0n) is 26.3. The lowest BCUT2D eigenvalue weighted by Crippen LogP contribution is -2.43. The van der Waals surface area contributed by atoms with Gasteiger partial charge >= 0.3 is 5.69 Å². The van der Waals surface area contributed by atoms with Crippen molar-refractivity contribution in [2.45, 2.75) is 83.7 Å². The van der Waals surface area contributed by atoms with Gasteiger partial charge in [0.1, 0.15) is 5.82 Å². The molecule has 9 nitrogen and oxygen atoms in total. The van der Waals surface area contributed by atoms with Gasteiger partial charge in [-0.05, 0) is 67.2 Å². The molecule has 0 radical (unpaired) electrons. The molecule has 1 amide bonds. The highest BCUT2D eigenvalue weighted by atomic mass is 16.2. The summed E-state index contributed by atoms with van der Waals surface area (Å²) in [6, 6.07) is 11.6. The molecule has 2 aliphatic rings. The van der Waals surface area contributed by atoms with Crippen LogP contribution in [0.2, 0.25) is 0 Å². The molecule has 2 aliphatic carbocycles. The van der Waals surface area contributed by atoms with E-state index in [1.54, 1.807) is 23.0 Å². The first-order valence-electron chi connectivity index (χ1n) is 16.6. The third-order valence-corrected chi connectivity index (χ3v) is 9.60. The zero-order valence-corrected chi connectivity index (χ0v) is 26.3. The second-order valence-corrected chi connectivity index (χ2v) is 12.8. The highest BCUT2D eigenvalue weighted by Crippen LogP contribution is 2.28. The molecule has 0 unspecified atom stereocenters. The van der Waals surface area contributed by atoms with Crippen molar-refractivity contribution in [3.63, 3.8) is 0 Å². The van der Waals surface area contributed by atoms with Crippen molar-refractivity contribution < 1.29 is 4.79 Å². The van der Waals surface area contributed by atoms with Gasteiger partial charge in [-0.1, -0.05) is 68.9 Å². The zero-order chi connectivity index (χ0) is 31.2. The van der Waals surface area contributed by atoms with Crippen molar-refractivity contribution >= 4 is 23.1 Å². The highest BCUT2D eigenvalue weighted by molar-refractivity contribution is 5.91. The van der Waals surface area contributed by atoms with Crippen molar-refractivity contribution in [2.24, 2.45) is 18.9 Å². The summed E-state index contributed by atoms with van der Waals surface area (Å²) in [4.78, 5) is 49.3. The lowest BCUT2D eigenvalue weighted by atomic mass is 9.89. The number of imidazole rings is 1. The second kappa shape index (κ2) is 14.2. The normalized spacial score (nSPS) is 16.5. The van der Waals surface area contributed by atoms with E-state index in [2.05, 4.69) is 10.3 Å². The van der Waals surface area contributed by atoms with Crippen molar-refractivity contribution in [1.29, 1.82) is 0 Å². The minimum Gasteiger partial charge on any atom is -0.352 e. The Morgan fingerprint density at radius 1 is 0.911 bits per heavy atom. The lowest BCUT2D eigenvalue weighted by molar-refractivity contribution is -0.116. The number of aryl methyl sites for hydroxylation is 1. The van der Waals surface area contributed by atoms with E-state index in [9.17, 15) is 14.4 Å². The Kier molecular flexibility index (Phi) is 9.72. The van der Waals surface area contributed by atoms with E-state index in [0.717, 1.165) is 61.6 Å². The average molecular weight is 609 g/mol. The summed E-state index contributed by atoms with van der Waals surface area (Å²) in [7, 11) is 1.87. The first kappa shape index (κ1) is 30.7. The minimum absolute atomic E-state index is 0.154. The van der Waals surface area contributed by atoms with E-state index < -0.39 is 0 Å². The first-order chi connectivity index (χ1) is 22.0. The SMILES string of the molecule is Cn1c(-c2ccc(/C=C/C(=O)NCCc3cccnc3)cc2)nc2c1c(=O)n(CC1CCCCC1)c(=O)n2CC1CCCCC1. The molecule has 0 spiro atoms. The van der Waals surface area contributed by atoms with Gasteiger partial charge in [0.05, 0.1) is 0 Å². The van der Waals surface area contributed by atoms with E-state index in [1.165, 1.54) is 36.3 Å². The van der Waals surface area contributed by atoms with Crippen LogP contribution in [0.5, 0.6) is 0 Å². The maximum Gasteiger partial charge on any atom is 0.332 e. The third kappa shape index (κ3) is 7.18. The predicted octanol–water partition coefficient (Wildman–Crippen LogP) is 5.49. The van der Waals surface area contributed by atoms with Crippen molar-refractivity contribution in [3.8, 4) is 11.4 Å². The number of nitrogens with one attached hydrogen (secondary N) is 1. The van der Waals surface area contributed by atoms with E-state index in [0.29, 0.717) is 48.5 Å². The monoisotopic (exact) mass is 608 g/mol. The molecule has 0 aliphatic heterocycles. The van der Waals surface area contributed by atoms with Gasteiger partial charge in [0.15, 0.2) is 11.2 Å². The van der Waals surface area contributed by atoms with Crippen molar-refractivity contribution in [1.82, 2.24) is 29.0 Å². The Morgan fingerprint density at radius 3 is 2.22 bits per heavy atom. The van der Waals surface area contributed by atoms with E-state index in [4.69, 9.17) is 4.98 Å². The summed E-state index contributed by atoms with van der Waals surface area (Å²) >= 11 is 0. The van der Waals surface area contributed by atoms with Gasteiger partial charge in [-0.2, -0.15) is 0 Å². The van der Waals surface area contributed by atoms with E-state index in [-0.39, 0.29) is 17.2 Å². The largest absolute Gasteiger partial charge is 0.352 e. The van der Waals surface area contributed by atoms with Gasteiger partial charge in [-0.25, -0.2) is 9.78 Å². The van der Waals surface area contributed by atoms with Crippen molar-refractivity contribution in [2.75, 3.05) is 6.54 Å². The molecular weight excluding hydrogens is 564 g/mol. The van der Waals surface area contributed by atoms with Crippen LogP contribution in [-0.4, -0.2) is 36.1 Å². The number of benzene rings is 1. The molecule has 1 aromatic carbocycles. The van der Waals surface area contributed by atoms with Crippen LogP contribution in [0.25, 0.3) is 28.6 Å². The summed E-state index contributed by atoms with van der Waals surface area (Å²) < 4.78 is 5.15. The number of nitrogens with zero attached hydrogens (tertiary/aromatic N) is 5. The summed E-state index contributed by atoms with van der Waals surface area (Å²) in [5.74, 6) is 1.28. The number of pyridine rings is 1. The number of carbonyl (C=O) groups is 1. The topological polar surface area (TPSA) is 104 Å². The Labute approximate surface area is 264 Å². The van der Waals surface area contributed by atoms with Gasteiger partial charge in [0.25, 0.3) is 5.56 Å². The summed E-state index contributed by atoms with van der Waals surface area (Å²) in [5.41, 5.74) is 3.32. The molecule has 0 saturated heterocycles. The van der Waals surface area contributed by atoms with Crippen LogP contribution in [0.15, 0.2) is 64.5 Å². The van der Waals surface area contributed by atoms with Gasteiger partial charge in [-0.15, -0.1) is 0 Å². The molecule has 3 aromatic heterocycles. The van der Waals surface area contributed by atoms with Gasteiger partial charge in [-0.3, -0.25) is 23.7 Å². The summed E-state index contributed by atoms with van der Waals surface area (Å²) in [5, 5.41) is 2.91. The number of carbonyl (C=O) groups excluding carboxylic acids is 1. The van der Waals surface area contributed by atoms with Crippen molar-refractivity contribution in [3.05, 3.63) is 86.8 Å². The highest BCUT2D eigenvalue weighted by Gasteiger charge is 2.25. The molecule has 4 aromatic rings. The van der Waals surface area contributed by atoms with Crippen LogP contribution in [0, 0.1) is 11.8 Å². The summed E-state index contributed by atoms with van der Waals surface area (Å²) in [6.45, 7) is 1.62. The standard InChI is InChI=1S/C36H44N6O3/c1-40-32-34(41(24-28-9-4-2-5-10-28)36(45)42(35(32)44)25-29-11-6-3-7-12-29)39-33(40)30-17-14-26(15-18-30)16-19-31(43)38-22-20-27-13-8-21-37-23-27/h8,13-19,21,23,28-29H,2-7,9-12,20,22,24-25H2,1H3,(H,38,43)/b19-16+. The third-order valence-electron chi connectivity index (χ3n) is 9.60. The number of rotatable bonds is 10. The van der Waals surface area contributed by atoms with Gasteiger partial charge in [0.2, 0.25) is 5.91 Å². The second-order valence-electron chi connectivity index (χ2n) is 12.8. The van der Waals surface area contributed by atoms with Crippen LogP contribution in [0.4, 0.5) is 0 Å². The Balaban J connectivity index is 1.25. The molecule has 2 fully saturated rings. The molecule has 236 valence electrons. The Bertz CT molecular complexity index is 1760. The van der Waals surface area contributed by atoms with Crippen LogP contribution in [-0.2, 0) is 31.4 Å². The average Bonchev–Trinajstić information content (AvgIpc) is 3.42. The first-order valence-corrected chi connectivity index (χ1v) is 16.6. The number of fused-ring (bicyclic) bond motifs is 1. The van der Waals surface area contributed by atoms with E-state index in [1.807, 2.05) is 48.0 Å². The number of hydrogen-bond acceptors (Lipinski definition) is 5. The van der Waals surface area contributed by atoms with Crippen LogP contribution < -0.4 is 16.6 Å². The molecule has 1 N–H and O–H groups in total. The molecule has 3 heterocycles. The number of hydrogen-bond donors (Lipinski definition) is 1. The fraction of sp³-hybridized carbons (Fsp3) is 0.472. The molecule has 0 atom stereocenters. The minimum atomic E-state index is -0.240. The smallest absolute Gasteiger partial charge is 0.332 e. The fourth-order valence-corrected chi connectivity index (χ4v) is 7.05. The predicted molar refractivity (Wildman–Crippen MR) is 178 cm³/mol. The van der Waals surface area contributed by atoms with E-state index >= 15 is 0 Å².